The summed E-state index contributed by atoms with van der Waals surface area (Å²) in [6.45, 7) is 0. The van der Waals surface area contributed by atoms with Gasteiger partial charge in [0, 0.05) is 5.69 Å². The van der Waals surface area contributed by atoms with E-state index >= 15 is 0 Å². The summed E-state index contributed by atoms with van der Waals surface area (Å²) in [7, 11) is 0. The van der Waals surface area contributed by atoms with Crippen LogP contribution in [0.4, 0.5) is 0 Å². The molecule has 1 aliphatic heterocycles. The molecule has 0 aliphatic carbocycles. The fraction of sp³-hybridized carbons (Fsp3) is 0. The molecule has 0 spiro atoms. The topological polar surface area (TPSA) is 28.1 Å². The first-order valence-corrected chi connectivity index (χ1v) is 5.31. The fourth-order valence-corrected chi connectivity index (χ4v) is 1.76. The second-order valence-electron chi connectivity index (χ2n) is 2.60. The average Bonchev–Trinajstić information content (AvgIpc) is 2.62. The Balaban J connectivity index is 2.27. The summed E-state index contributed by atoms with van der Waals surface area (Å²) < 4.78 is 1.84. The zero-order valence-electron chi connectivity index (χ0n) is 6.59. The summed E-state index contributed by atoms with van der Waals surface area (Å²) in [5.41, 5.74) is 1.98. The number of nitrogens with zero attached hydrogens (tertiary/aromatic N) is 1. The van der Waals surface area contributed by atoms with Gasteiger partial charge in [0.1, 0.15) is 4.62 Å². The first-order chi connectivity index (χ1) is 6.24. The number of hydrogen-bond donors (Lipinski definition) is 1. The summed E-state index contributed by atoms with van der Waals surface area (Å²) in [6, 6.07) is 3.95. The van der Waals surface area contributed by atoms with Crippen LogP contribution in [0.15, 0.2) is 39.6 Å². The Kier molecular flexibility index (Phi) is 2.51. The van der Waals surface area contributed by atoms with Crippen LogP contribution >= 0.6 is 31.9 Å². The normalized spacial score (nSPS) is 18.3. The molecule has 4 heteroatoms. The third-order valence-corrected chi connectivity index (χ3v) is 2.51. The van der Waals surface area contributed by atoms with Gasteiger partial charge < -0.3 is 4.98 Å². The number of rotatable bonds is 1. The molecule has 2 heterocycles. The minimum atomic E-state index is 0.865. The van der Waals surface area contributed by atoms with Crippen molar-refractivity contribution in [2.24, 2.45) is 4.99 Å². The monoisotopic (exact) mass is 300 g/mol. The Morgan fingerprint density at radius 3 is 2.62 bits per heavy atom. The third kappa shape index (κ3) is 2.19. The molecule has 0 amide bonds. The highest BCUT2D eigenvalue weighted by atomic mass is 79.9. The minimum absolute atomic E-state index is 0.865. The van der Waals surface area contributed by atoms with E-state index in [9.17, 15) is 0 Å². The average molecular weight is 302 g/mol. The van der Waals surface area contributed by atoms with Gasteiger partial charge in [-0.2, -0.15) is 0 Å². The molecule has 0 atom stereocenters. The van der Waals surface area contributed by atoms with Gasteiger partial charge in [-0.3, -0.25) is 0 Å². The number of aliphatic imine (C=N–C) groups is 1. The largest absolute Gasteiger partial charge is 0.350 e. The van der Waals surface area contributed by atoms with E-state index in [4.69, 9.17) is 0 Å². The standard InChI is InChI=1S/C9H6Br2N2/c10-8-3-1-6(12-8)5-7-2-4-9(11)13-7/h1-5,12H/b7-5-. The van der Waals surface area contributed by atoms with Gasteiger partial charge >= 0.3 is 0 Å². The number of H-pyrrole nitrogens is 1. The van der Waals surface area contributed by atoms with E-state index < -0.39 is 0 Å². The van der Waals surface area contributed by atoms with Gasteiger partial charge in [-0.25, -0.2) is 4.99 Å². The van der Waals surface area contributed by atoms with E-state index in [0.29, 0.717) is 0 Å². The molecule has 1 aromatic heterocycles. The van der Waals surface area contributed by atoms with E-state index in [1.807, 2.05) is 30.4 Å². The van der Waals surface area contributed by atoms with Gasteiger partial charge in [-0.1, -0.05) is 0 Å². The molecule has 0 saturated carbocycles. The van der Waals surface area contributed by atoms with E-state index in [2.05, 4.69) is 41.8 Å². The van der Waals surface area contributed by atoms with E-state index in [1.54, 1.807) is 0 Å². The van der Waals surface area contributed by atoms with E-state index in [0.717, 1.165) is 20.6 Å². The zero-order valence-corrected chi connectivity index (χ0v) is 9.76. The molecule has 1 aromatic rings. The van der Waals surface area contributed by atoms with Crippen molar-refractivity contribution < 1.29 is 0 Å². The first-order valence-electron chi connectivity index (χ1n) is 3.72. The quantitative estimate of drug-likeness (QED) is 0.823. The molecule has 0 radical (unpaired) electrons. The molecule has 0 saturated heterocycles. The first kappa shape index (κ1) is 8.97. The molecule has 0 fully saturated rings. The molecule has 2 nitrogen and oxygen atoms in total. The number of halogens is 2. The number of nitrogens with one attached hydrogen (secondary N) is 1. The van der Waals surface area contributed by atoms with Crippen LogP contribution in [0.2, 0.25) is 0 Å². The minimum Gasteiger partial charge on any atom is -0.350 e. The molecule has 0 unspecified atom stereocenters. The maximum Gasteiger partial charge on any atom is 0.106 e. The number of aromatic amines is 1. The van der Waals surface area contributed by atoms with Crippen LogP contribution in [0.1, 0.15) is 5.69 Å². The van der Waals surface area contributed by atoms with Gasteiger partial charge in [-0.05, 0) is 62.2 Å². The smallest absolute Gasteiger partial charge is 0.106 e. The highest BCUT2D eigenvalue weighted by Crippen LogP contribution is 2.17. The van der Waals surface area contributed by atoms with Crippen LogP contribution in [-0.2, 0) is 0 Å². The van der Waals surface area contributed by atoms with Crippen LogP contribution in [0, 0.1) is 0 Å². The van der Waals surface area contributed by atoms with Gasteiger partial charge in [0.25, 0.3) is 0 Å². The second-order valence-corrected chi connectivity index (χ2v) is 4.27. The number of allylic oxidation sites excluding steroid dienone is 2. The van der Waals surface area contributed by atoms with Gasteiger partial charge in [-0.15, -0.1) is 0 Å². The predicted octanol–water partition coefficient (Wildman–Crippen LogP) is 3.48. The lowest BCUT2D eigenvalue weighted by molar-refractivity contribution is 1.32. The highest BCUT2D eigenvalue weighted by Gasteiger charge is 2.00. The molecule has 13 heavy (non-hydrogen) atoms. The van der Waals surface area contributed by atoms with Crippen molar-refractivity contribution in [3.63, 3.8) is 0 Å². The third-order valence-electron chi connectivity index (χ3n) is 1.60. The maximum atomic E-state index is 4.24. The van der Waals surface area contributed by atoms with Crippen LogP contribution in [0.3, 0.4) is 0 Å². The lowest BCUT2D eigenvalue weighted by Crippen LogP contribution is -1.73. The summed E-state index contributed by atoms with van der Waals surface area (Å²) in [5, 5.41) is 0. The van der Waals surface area contributed by atoms with Gasteiger partial charge in [0.15, 0.2) is 0 Å². The lowest BCUT2D eigenvalue weighted by atomic mass is 10.3. The zero-order chi connectivity index (χ0) is 9.26. The Morgan fingerprint density at radius 1 is 1.23 bits per heavy atom. The van der Waals surface area contributed by atoms with Crippen LogP contribution in [-0.4, -0.2) is 9.60 Å². The molecular weight excluding hydrogens is 296 g/mol. The fourth-order valence-electron chi connectivity index (χ4n) is 1.06. The Hall–Kier alpha value is -0.610. The van der Waals surface area contributed by atoms with Crippen molar-refractivity contribution in [3.05, 3.63) is 40.3 Å². The Labute approximate surface area is 92.7 Å². The number of hydrogen-bond acceptors (Lipinski definition) is 1. The summed E-state index contributed by atoms with van der Waals surface area (Å²) >= 11 is 6.65. The molecule has 66 valence electrons. The molecule has 0 aromatic carbocycles. The van der Waals surface area contributed by atoms with Gasteiger partial charge in [0.05, 0.1) is 10.3 Å². The molecule has 2 rings (SSSR count). The van der Waals surface area contributed by atoms with Crippen LogP contribution < -0.4 is 0 Å². The summed E-state index contributed by atoms with van der Waals surface area (Å²) in [4.78, 5) is 7.38. The van der Waals surface area contributed by atoms with Gasteiger partial charge in [0.2, 0.25) is 0 Å². The van der Waals surface area contributed by atoms with Crippen molar-refractivity contribution in [2.75, 3.05) is 0 Å². The maximum absolute atomic E-state index is 4.24. The molecule has 1 aliphatic rings. The van der Waals surface area contributed by atoms with Crippen molar-refractivity contribution >= 4 is 42.6 Å². The SMILES string of the molecule is BrC1=N/C(=C\c2ccc(Br)[nH]2)C=C1. The summed E-state index contributed by atoms with van der Waals surface area (Å²) in [5.74, 6) is 0. The highest BCUT2D eigenvalue weighted by molar-refractivity contribution is 9.18. The second kappa shape index (κ2) is 3.64. The van der Waals surface area contributed by atoms with Crippen molar-refractivity contribution in [1.29, 1.82) is 0 Å². The Morgan fingerprint density at radius 2 is 2.08 bits per heavy atom. The predicted molar refractivity (Wildman–Crippen MR) is 62.0 cm³/mol. The Bertz CT molecular complexity index is 413. The van der Waals surface area contributed by atoms with E-state index in [1.165, 1.54) is 0 Å². The van der Waals surface area contributed by atoms with Crippen molar-refractivity contribution in [2.45, 2.75) is 0 Å². The summed E-state index contributed by atoms with van der Waals surface area (Å²) in [6.07, 6.45) is 5.86. The molecule has 0 bridgehead atoms. The van der Waals surface area contributed by atoms with Crippen LogP contribution in [0.5, 0.6) is 0 Å². The van der Waals surface area contributed by atoms with Crippen LogP contribution in [0.25, 0.3) is 6.08 Å². The van der Waals surface area contributed by atoms with Crippen molar-refractivity contribution in [3.8, 4) is 0 Å². The number of aromatic nitrogens is 1. The lowest BCUT2D eigenvalue weighted by Gasteiger charge is -1.88. The molecular formula is C9H6Br2N2. The van der Waals surface area contributed by atoms with E-state index in [-0.39, 0.29) is 0 Å². The van der Waals surface area contributed by atoms with Crippen molar-refractivity contribution in [1.82, 2.24) is 4.98 Å². The molecule has 1 N–H and O–H groups in total.